The highest BCUT2D eigenvalue weighted by molar-refractivity contribution is 5.92. The smallest absolute Gasteiger partial charge is 0.230 e. The molecule has 2 aliphatic heterocycles. The fourth-order valence-electron chi connectivity index (χ4n) is 4.27. The Hall–Kier alpha value is -2.32. The third-order valence-corrected chi connectivity index (χ3v) is 5.79. The van der Waals surface area contributed by atoms with Gasteiger partial charge in [0.15, 0.2) is 0 Å². The van der Waals surface area contributed by atoms with Gasteiger partial charge in [-0.1, -0.05) is 5.16 Å². The summed E-state index contributed by atoms with van der Waals surface area (Å²) in [5.41, 5.74) is 1.23. The van der Waals surface area contributed by atoms with E-state index in [-0.39, 0.29) is 11.7 Å². The van der Waals surface area contributed by atoms with Gasteiger partial charge >= 0.3 is 0 Å². The lowest BCUT2D eigenvalue weighted by Crippen LogP contribution is -2.43. The van der Waals surface area contributed by atoms with Crippen LogP contribution >= 0.6 is 0 Å². The molecule has 0 aliphatic carbocycles. The number of nitrogens with zero attached hydrogens (tertiary/aromatic N) is 4. The minimum Gasteiger partial charge on any atom is -0.381 e. The number of benzene rings is 1. The third kappa shape index (κ3) is 3.23. The normalized spacial score (nSPS) is 20.5. The minimum absolute atomic E-state index is 0.260. The molecule has 8 heteroatoms. The van der Waals surface area contributed by atoms with E-state index in [0.29, 0.717) is 28.8 Å². The van der Waals surface area contributed by atoms with Crippen molar-refractivity contribution in [2.45, 2.75) is 37.6 Å². The maximum Gasteiger partial charge on any atom is 0.230 e. The summed E-state index contributed by atoms with van der Waals surface area (Å²) >= 11 is 0. The predicted octanol–water partition coefficient (Wildman–Crippen LogP) is 3.11. The third-order valence-electron chi connectivity index (χ3n) is 5.79. The lowest BCUT2D eigenvalue weighted by Gasteiger charge is -2.38. The van der Waals surface area contributed by atoms with E-state index in [4.69, 9.17) is 9.26 Å². The average Bonchev–Trinajstić information content (AvgIpc) is 3.38. The second kappa shape index (κ2) is 7.01. The molecular weight excluding hydrogens is 349 g/mol. The molecule has 1 aromatic carbocycles. The number of aromatic nitrogens is 4. The average molecular weight is 371 g/mol. The van der Waals surface area contributed by atoms with Crippen LogP contribution in [0.15, 0.2) is 22.9 Å². The van der Waals surface area contributed by atoms with Crippen molar-refractivity contribution in [1.82, 2.24) is 25.2 Å². The number of rotatable bonds is 3. The Labute approximate surface area is 155 Å². The Morgan fingerprint density at radius 3 is 2.74 bits per heavy atom. The first-order valence-corrected chi connectivity index (χ1v) is 9.56. The molecule has 2 aromatic heterocycles. The molecule has 0 bridgehead atoms. The summed E-state index contributed by atoms with van der Waals surface area (Å²) in [5.74, 6) is 0.980. The van der Waals surface area contributed by atoms with Crippen molar-refractivity contribution in [3.05, 3.63) is 30.0 Å². The molecule has 2 aliphatic rings. The van der Waals surface area contributed by atoms with Crippen molar-refractivity contribution >= 4 is 10.9 Å². The van der Waals surface area contributed by atoms with Crippen molar-refractivity contribution in [1.29, 1.82) is 0 Å². The monoisotopic (exact) mass is 371 g/mol. The lowest BCUT2D eigenvalue weighted by molar-refractivity contribution is 0.0239. The predicted molar refractivity (Wildman–Crippen MR) is 96.7 cm³/mol. The van der Waals surface area contributed by atoms with Gasteiger partial charge in [-0.15, -0.1) is 0 Å². The van der Waals surface area contributed by atoms with Gasteiger partial charge in [-0.2, -0.15) is 10.1 Å². The number of hydrogen-bond donors (Lipinski definition) is 1. The quantitative estimate of drug-likeness (QED) is 0.762. The minimum atomic E-state index is -0.349. The number of fused-ring (bicyclic) bond motifs is 1. The SMILES string of the molecule is Fc1cc(-c2noc(C3CCN(C4CCOCC4)CC3)n2)c2cn[nH]c2c1. The number of likely N-dealkylation sites (tertiary alicyclic amines) is 1. The van der Waals surface area contributed by atoms with Crippen molar-refractivity contribution in [2.24, 2.45) is 0 Å². The van der Waals surface area contributed by atoms with Gasteiger partial charge in [0, 0.05) is 36.1 Å². The second-order valence-electron chi connectivity index (χ2n) is 7.39. The highest BCUT2D eigenvalue weighted by Crippen LogP contribution is 2.32. The van der Waals surface area contributed by atoms with Crippen LogP contribution in [0.25, 0.3) is 22.3 Å². The van der Waals surface area contributed by atoms with Gasteiger partial charge in [-0.25, -0.2) is 4.39 Å². The molecule has 3 aromatic rings. The summed E-state index contributed by atoms with van der Waals surface area (Å²) in [5, 5.41) is 11.7. The van der Waals surface area contributed by atoms with Gasteiger partial charge in [-0.3, -0.25) is 5.10 Å². The van der Waals surface area contributed by atoms with Crippen LogP contribution in [0, 0.1) is 5.82 Å². The van der Waals surface area contributed by atoms with E-state index in [1.54, 1.807) is 6.20 Å². The molecular formula is C19H22FN5O2. The van der Waals surface area contributed by atoms with Crippen molar-refractivity contribution in [3.63, 3.8) is 0 Å². The molecule has 0 radical (unpaired) electrons. The van der Waals surface area contributed by atoms with Gasteiger partial charge in [-0.05, 0) is 50.9 Å². The second-order valence-corrected chi connectivity index (χ2v) is 7.39. The number of H-pyrrole nitrogens is 1. The molecule has 27 heavy (non-hydrogen) atoms. The molecule has 0 saturated carbocycles. The lowest BCUT2D eigenvalue weighted by atomic mass is 9.94. The Kier molecular flexibility index (Phi) is 4.37. The van der Waals surface area contributed by atoms with Crippen LogP contribution in [0.5, 0.6) is 0 Å². The van der Waals surface area contributed by atoms with Crippen molar-refractivity contribution < 1.29 is 13.7 Å². The van der Waals surface area contributed by atoms with Crippen LogP contribution in [0.4, 0.5) is 4.39 Å². The van der Waals surface area contributed by atoms with E-state index in [2.05, 4.69) is 25.2 Å². The zero-order chi connectivity index (χ0) is 18.2. The largest absolute Gasteiger partial charge is 0.381 e. The molecule has 0 spiro atoms. The van der Waals surface area contributed by atoms with Crippen LogP contribution in [-0.2, 0) is 4.74 Å². The fraction of sp³-hybridized carbons (Fsp3) is 0.526. The molecule has 5 rings (SSSR count). The summed E-state index contributed by atoms with van der Waals surface area (Å²) in [7, 11) is 0. The van der Waals surface area contributed by atoms with E-state index >= 15 is 0 Å². The maximum atomic E-state index is 13.9. The summed E-state index contributed by atoms with van der Waals surface area (Å²) in [6.45, 7) is 3.82. The topological polar surface area (TPSA) is 80.1 Å². The van der Waals surface area contributed by atoms with Gasteiger partial charge < -0.3 is 14.2 Å². The van der Waals surface area contributed by atoms with Crippen LogP contribution in [-0.4, -0.2) is 57.6 Å². The maximum absolute atomic E-state index is 13.9. The zero-order valence-corrected chi connectivity index (χ0v) is 15.0. The summed E-state index contributed by atoms with van der Waals surface area (Å²) in [6, 6.07) is 3.48. The van der Waals surface area contributed by atoms with Crippen LogP contribution in [0.3, 0.4) is 0 Å². The number of aromatic amines is 1. The standard InChI is InChI=1S/C19H22FN5O2/c20-13-9-15(16-11-21-23-17(16)10-13)18-22-19(27-24-18)12-1-5-25(6-2-12)14-3-7-26-8-4-14/h9-12,14H,1-8H2,(H,21,23). The van der Waals surface area contributed by atoms with Crippen molar-refractivity contribution in [2.75, 3.05) is 26.3 Å². The molecule has 2 saturated heterocycles. The first-order valence-electron chi connectivity index (χ1n) is 9.56. The Bertz CT molecular complexity index is 925. The van der Waals surface area contributed by atoms with Gasteiger partial charge in [0.05, 0.1) is 11.7 Å². The summed E-state index contributed by atoms with van der Waals surface area (Å²) in [6.07, 6.45) is 5.91. The molecule has 0 amide bonds. The fourth-order valence-corrected chi connectivity index (χ4v) is 4.27. The van der Waals surface area contributed by atoms with Crippen LogP contribution < -0.4 is 0 Å². The molecule has 2 fully saturated rings. The Morgan fingerprint density at radius 2 is 1.93 bits per heavy atom. The number of hydrogen-bond acceptors (Lipinski definition) is 6. The van der Waals surface area contributed by atoms with Gasteiger partial charge in [0.25, 0.3) is 0 Å². The highest BCUT2D eigenvalue weighted by Gasteiger charge is 2.30. The van der Waals surface area contributed by atoms with Gasteiger partial charge in [0.1, 0.15) is 5.82 Å². The number of halogens is 1. The first-order chi connectivity index (χ1) is 13.3. The Morgan fingerprint density at radius 1 is 1.11 bits per heavy atom. The van der Waals surface area contributed by atoms with Gasteiger partial charge in [0.2, 0.25) is 11.7 Å². The van der Waals surface area contributed by atoms with E-state index in [1.807, 2.05) is 0 Å². The molecule has 0 atom stereocenters. The van der Waals surface area contributed by atoms with E-state index in [9.17, 15) is 4.39 Å². The number of nitrogens with one attached hydrogen (secondary N) is 1. The van der Waals surface area contributed by atoms with Crippen molar-refractivity contribution in [3.8, 4) is 11.4 Å². The molecule has 142 valence electrons. The molecule has 0 unspecified atom stereocenters. The summed E-state index contributed by atoms with van der Waals surface area (Å²) < 4.78 is 24.9. The number of ether oxygens (including phenoxy) is 1. The molecule has 1 N–H and O–H groups in total. The van der Waals surface area contributed by atoms with Crippen LogP contribution in [0.2, 0.25) is 0 Å². The molecule has 7 nitrogen and oxygen atoms in total. The highest BCUT2D eigenvalue weighted by atomic mass is 19.1. The Balaban J connectivity index is 1.32. The van der Waals surface area contributed by atoms with E-state index < -0.39 is 0 Å². The zero-order valence-electron chi connectivity index (χ0n) is 15.0. The number of piperidine rings is 1. The molecule has 4 heterocycles. The van der Waals surface area contributed by atoms with E-state index in [1.165, 1.54) is 12.1 Å². The first kappa shape index (κ1) is 16.8. The summed E-state index contributed by atoms with van der Waals surface area (Å²) in [4.78, 5) is 7.16. The van der Waals surface area contributed by atoms with Crippen LogP contribution in [0.1, 0.15) is 37.5 Å². The van der Waals surface area contributed by atoms with E-state index in [0.717, 1.165) is 57.4 Å².